The Bertz CT molecular complexity index is 916. The first kappa shape index (κ1) is 17.6. The molecule has 3 aromatic rings. The number of carbonyl (C=O) groups excluding carboxylic acids is 1. The van der Waals surface area contributed by atoms with Gasteiger partial charge in [-0.1, -0.05) is 31.1 Å². The molecule has 7 nitrogen and oxygen atoms in total. The first-order chi connectivity index (χ1) is 12.4. The fraction of sp³-hybridized carbons (Fsp3) is 0.263. The molecular formula is C19H21N5O2. The van der Waals surface area contributed by atoms with Crippen LogP contribution in [0, 0.1) is 13.8 Å². The molecule has 2 heterocycles. The van der Waals surface area contributed by atoms with Crippen LogP contribution in [0.1, 0.15) is 47.4 Å². The molecule has 134 valence electrons. The number of carbonyl (C=O) groups is 1. The van der Waals surface area contributed by atoms with E-state index in [1.165, 1.54) is 5.56 Å². The van der Waals surface area contributed by atoms with Gasteiger partial charge >= 0.3 is 0 Å². The summed E-state index contributed by atoms with van der Waals surface area (Å²) in [6.07, 6.45) is 0. The molecule has 0 saturated carbocycles. The first-order valence-electron chi connectivity index (χ1n) is 8.38. The lowest BCUT2D eigenvalue weighted by Gasteiger charge is -2.09. The van der Waals surface area contributed by atoms with Crippen molar-refractivity contribution in [1.29, 1.82) is 0 Å². The van der Waals surface area contributed by atoms with Crippen molar-refractivity contribution in [2.24, 2.45) is 0 Å². The third kappa shape index (κ3) is 4.24. The largest absolute Gasteiger partial charge is 0.360 e. The maximum absolute atomic E-state index is 12.5. The van der Waals surface area contributed by atoms with Crippen molar-refractivity contribution < 1.29 is 9.32 Å². The Morgan fingerprint density at radius 3 is 2.38 bits per heavy atom. The topological polar surface area (TPSA) is 92.9 Å². The molecule has 2 N–H and O–H groups in total. The van der Waals surface area contributed by atoms with Gasteiger partial charge in [-0.15, -0.1) is 0 Å². The van der Waals surface area contributed by atoms with E-state index < -0.39 is 0 Å². The summed E-state index contributed by atoms with van der Waals surface area (Å²) in [5.41, 5.74) is 2.21. The van der Waals surface area contributed by atoms with Crippen LogP contribution >= 0.6 is 0 Å². The highest BCUT2D eigenvalue weighted by Crippen LogP contribution is 2.19. The fourth-order valence-corrected chi connectivity index (χ4v) is 2.45. The first-order valence-corrected chi connectivity index (χ1v) is 8.38. The maximum Gasteiger partial charge on any atom is 0.274 e. The number of aromatic nitrogens is 3. The second-order valence-corrected chi connectivity index (χ2v) is 6.36. The van der Waals surface area contributed by atoms with Crippen LogP contribution in [0.25, 0.3) is 0 Å². The Labute approximate surface area is 151 Å². The molecule has 1 aromatic carbocycles. The van der Waals surface area contributed by atoms with E-state index in [-0.39, 0.29) is 11.6 Å². The normalized spacial score (nSPS) is 10.8. The average Bonchev–Trinajstić information content (AvgIpc) is 2.99. The number of nitrogens with one attached hydrogen (secondary N) is 2. The summed E-state index contributed by atoms with van der Waals surface area (Å²) in [5.74, 6) is 2.31. The molecule has 0 unspecified atom stereocenters. The quantitative estimate of drug-likeness (QED) is 0.715. The number of hydrogen-bond acceptors (Lipinski definition) is 6. The Morgan fingerprint density at radius 1 is 1.04 bits per heavy atom. The van der Waals surface area contributed by atoms with Crippen LogP contribution in [0.15, 0.2) is 40.9 Å². The van der Waals surface area contributed by atoms with E-state index in [4.69, 9.17) is 4.52 Å². The molecule has 0 spiro atoms. The van der Waals surface area contributed by atoms with Crippen LogP contribution in [-0.4, -0.2) is 21.0 Å². The van der Waals surface area contributed by atoms with Gasteiger partial charge in [0.05, 0.1) is 0 Å². The molecule has 0 bridgehead atoms. The van der Waals surface area contributed by atoms with E-state index in [1.54, 1.807) is 26.0 Å². The Balaban J connectivity index is 1.76. The van der Waals surface area contributed by atoms with Gasteiger partial charge in [-0.05, 0) is 37.5 Å². The van der Waals surface area contributed by atoms with Gasteiger partial charge in [-0.3, -0.25) is 4.79 Å². The highest BCUT2D eigenvalue weighted by Gasteiger charge is 2.12. The molecule has 0 aliphatic carbocycles. The predicted molar refractivity (Wildman–Crippen MR) is 99.8 cm³/mol. The molecule has 0 radical (unpaired) electrons. The zero-order valence-electron chi connectivity index (χ0n) is 15.2. The van der Waals surface area contributed by atoms with Gasteiger partial charge in [0.25, 0.3) is 5.91 Å². The molecule has 2 aromatic heterocycles. The summed E-state index contributed by atoms with van der Waals surface area (Å²) in [5, 5.41) is 9.72. The zero-order valence-corrected chi connectivity index (χ0v) is 15.2. The molecule has 1 amide bonds. The molecule has 7 heteroatoms. The van der Waals surface area contributed by atoms with E-state index in [2.05, 4.69) is 39.6 Å². The summed E-state index contributed by atoms with van der Waals surface area (Å²) < 4.78 is 5.01. The van der Waals surface area contributed by atoms with Crippen molar-refractivity contribution in [3.05, 3.63) is 59.2 Å². The summed E-state index contributed by atoms with van der Waals surface area (Å²) in [6, 6.07) is 11.1. The summed E-state index contributed by atoms with van der Waals surface area (Å²) >= 11 is 0. The Hall–Kier alpha value is -3.22. The fourth-order valence-electron chi connectivity index (χ4n) is 2.45. The van der Waals surface area contributed by atoms with E-state index >= 15 is 0 Å². The van der Waals surface area contributed by atoms with Crippen LogP contribution in [-0.2, 0) is 0 Å². The Kier molecular flexibility index (Phi) is 4.97. The Morgan fingerprint density at radius 2 is 1.77 bits per heavy atom. The third-order valence-electron chi connectivity index (χ3n) is 3.79. The number of anilines is 3. The highest BCUT2D eigenvalue weighted by molar-refractivity contribution is 6.03. The lowest BCUT2D eigenvalue weighted by Crippen LogP contribution is -2.15. The minimum Gasteiger partial charge on any atom is -0.360 e. The van der Waals surface area contributed by atoms with Crippen molar-refractivity contribution >= 4 is 23.2 Å². The number of hydrogen-bond donors (Lipinski definition) is 2. The average molecular weight is 351 g/mol. The number of rotatable bonds is 5. The molecule has 0 atom stereocenters. The van der Waals surface area contributed by atoms with Gasteiger partial charge < -0.3 is 15.2 Å². The van der Waals surface area contributed by atoms with Gasteiger partial charge in [0.15, 0.2) is 5.82 Å². The molecule has 0 aliphatic heterocycles. The molecule has 0 aliphatic rings. The highest BCUT2D eigenvalue weighted by atomic mass is 16.5. The minimum absolute atomic E-state index is 0.271. The van der Waals surface area contributed by atoms with Gasteiger partial charge in [0.1, 0.15) is 23.1 Å². The summed E-state index contributed by atoms with van der Waals surface area (Å²) in [6.45, 7) is 7.78. The van der Waals surface area contributed by atoms with Crippen LogP contribution in [0.3, 0.4) is 0 Å². The summed E-state index contributed by atoms with van der Waals surface area (Å²) in [7, 11) is 0. The molecule has 3 rings (SSSR count). The van der Waals surface area contributed by atoms with Crippen molar-refractivity contribution in [2.45, 2.75) is 33.6 Å². The number of benzene rings is 1. The standard InChI is InChI=1S/C19H21N5O2/c1-11(2)14-5-7-15(8-6-14)22-19(25)16-10-17(21-13(4)20-16)23-18-9-12(3)26-24-18/h5-11H,1-4H3,(H,22,25)(H,20,21,23,24). The van der Waals surface area contributed by atoms with Gasteiger partial charge in [-0.2, -0.15) is 0 Å². The number of nitrogens with zero attached hydrogens (tertiary/aromatic N) is 3. The maximum atomic E-state index is 12.5. The van der Waals surface area contributed by atoms with E-state index in [9.17, 15) is 4.79 Å². The van der Waals surface area contributed by atoms with Crippen molar-refractivity contribution in [3.63, 3.8) is 0 Å². The SMILES string of the molecule is Cc1nc(Nc2cc(C)on2)cc(C(=O)Nc2ccc(C(C)C)cc2)n1. The number of amides is 1. The van der Waals surface area contributed by atoms with Crippen LogP contribution in [0.4, 0.5) is 17.3 Å². The van der Waals surface area contributed by atoms with E-state index in [1.807, 2.05) is 24.3 Å². The minimum atomic E-state index is -0.299. The summed E-state index contributed by atoms with van der Waals surface area (Å²) in [4.78, 5) is 21.0. The molecule has 26 heavy (non-hydrogen) atoms. The van der Waals surface area contributed by atoms with Crippen molar-refractivity contribution in [1.82, 2.24) is 15.1 Å². The lowest BCUT2D eigenvalue weighted by molar-refractivity contribution is 0.102. The zero-order chi connectivity index (χ0) is 18.7. The van der Waals surface area contributed by atoms with Crippen LogP contribution in [0.5, 0.6) is 0 Å². The van der Waals surface area contributed by atoms with E-state index in [0.717, 1.165) is 5.69 Å². The number of aryl methyl sites for hydroxylation is 2. The predicted octanol–water partition coefficient (Wildman–Crippen LogP) is 4.20. The molecule has 0 saturated heterocycles. The van der Waals surface area contributed by atoms with Crippen LogP contribution < -0.4 is 10.6 Å². The lowest BCUT2D eigenvalue weighted by atomic mass is 10.0. The molecular weight excluding hydrogens is 330 g/mol. The van der Waals surface area contributed by atoms with E-state index in [0.29, 0.717) is 29.1 Å². The van der Waals surface area contributed by atoms with Crippen LogP contribution in [0.2, 0.25) is 0 Å². The second kappa shape index (κ2) is 7.35. The monoisotopic (exact) mass is 351 g/mol. The molecule has 0 fully saturated rings. The van der Waals surface area contributed by atoms with Gasteiger partial charge in [0.2, 0.25) is 0 Å². The third-order valence-corrected chi connectivity index (χ3v) is 3.79. The smallest absolute Gasteiger partial charge is 0.274 e. The van der Waals surface area contributed by atoms with Gasteiger partial charge in [-0.25, -0.2) is 9.97 Å². The van der Waals surface area contributed by atoms with Gasteiger partial charge in [0, 0.05) is 17.8 Å². The van der Waals surface area contributed by atoms with Crippen molar-refractivity contribution in [2.75, 3.05) is 10.6 Å². The van der Waals surface area contributed by atoms with Crippen molar-refractivity contribution in [3.8, 4) is 0 Å². The second-order valence-electron chi connectivity index (χ2n) is 6.36.